The maximum absolute atomic E-state index is 11.4. The lowest BCUT2D eigenvalue weighted by Crippen LogP contribution is -2.46. The van der Waals surface area contributed by atoms with E-state index in [9.17, 15) is 8.42 Å². The number of hydrogen-bond acceptors (Lipinski definition) is 9. The summed E-state index contributed by atoms with van der Waals surface area (Å²) in [6.45, 7) is 4.29. The average molecular weight is 593 g/mol. The molecule has 5 rings (SSSR count). The van der Waals surface area contributed by atoms with E-state index >= 15 is 0 Å². The van der Waals surface area contributed by atoms with E-state index < -0.39 is 9.84 Å². The van der Waals surface area contributed by atoms with Gasteiger partial charge in [0.15, 0.2) is 0 Å². The number of aromatic nitrogens is 4. The number of hydrogen-bond donors (Lipinski definition) is 2. The highest BCUT2D eigenvalue weighted by Gasteiger charge is 2.27. The Bertz CT molecular complexity index is 1320. The van der Waals surface area contributed by atoms with Crippen LogP contribution in [0.2, 0.25) is 0 Å². The molecule has 0 amide bonds. The molecule has 1 aromatic carbocycles. The summed E-state index contributed by atoms with van der Waals surface area (Å²) in [6.07, 6.45) is 9.87. The fourth-order valence-corrected chi connectivity index (χ4v) is 6.17. The first-order valence-corrected chi connectivity index (χ1v) is 15.7. The summed E-state index contributed by atoms with van der Waals surface area (Å²) in [7, 11) is -2.98. The predicted molar refractivity (Wildman–Crippen MR) is 149 cm³/mol. The van der Waals surface area contributed by atoms with E-state index in [1.807, 2.05) is 18.3 Å². The van der Waals surface area contributed by atoms with Gasteiger partial charge in [0, 0.05) is 54.0 Å². The van der Waals surface area contributed by atoms with Crippen LogP contribution in [0.15, 0.2) is 35.1 Å². The van der Waals surface area contributed by atoms with E-state index in [2.05, 4.69) is 42.6 Å². The number of benzene rings is 1. The first-order valence-electron chi connectivity index (χ1n) is 12.9. The molecule has 2 N–H and O–H groups in total. The Morgan fingerprint density at radius 2 is 1.92 bits per heavy atom. The van der Waals surface area contributed by atoms with E-state index in [1.54, 1.807) is 10.9 Å². The maximum atomic E-state index is 11.4. The molecule has 0 radical (unpaired) electrons. The number of morpholine rings is 1. The molecule has 12 heteroatoms. The molecule has 200 valence electrons. The third-order valence-corrected chi connectivity index (χ3v) is 8.57. The van der Waals surface area contributed by atoms with Gasteiger partial charge in [-0.2, -0.15) is 10.1 Å². The number of fused-ring (bicyclic) bond motifs is 1. The van der Waals surface area contributed by atoms with Crippen LogP contribution in [0.1, 0.15) is 32.1 Å². The van der Waals surface area contributed by atoms with E-state index in [-0.39, 0.29) is 5.75 Å². The van der Waals surface area contributed by atoms with E-state index in [1.165, 1.54) is 19.1 Å². The summed E-state index contributed by atoms with van der Waals surface area (Å²) in [5.74, 6) is 1.46. The van der Waals surface area contributed by atoms with Crippen molar-refractivity contribution in [1.82, 2.24) is 24.6 Å². The highest BCUT2D eigenvalue weighted by Crippen LogP contribution is 2.30. The van der Waals surface area contributed by atoms with Crippen LogP contribution in [0.4, 0.5) is 17.5 Å². The summed E-state index contributed by atoms with van der Waals surface area (Å²) >= 11 is 3.59. The Morgan fingerprint density at radius 3 is 2.68 bits per heavy atom. The Morgan fingerprint density at radius 1 is 1.14 bits per heavy atom. The van der Waals surface area contributed by atoms with Crippen LogP contribution in [0.3, 0.4) is 0 Å². The van der Waals surface area contributed by atoms with Gasteiger partial charge in [-0.3, -0.25) is 9.58 Å². The molecule has 0 spiro atoms. The van der Waals surface area contributed by atoms with Gasteiger partial charge in [-0.15, -0.1) is 0 Å². The zero-order valence-corrected chi connectivity index (χ0v) is 23.5. The lowest BCUT2D eigenvalue weighted by atomic mass is 9.90. The number of nitrogens with zero attached hydrogens (tertiary/aromatic N) is 5. The fraction of sp³-hybridized carbons (Fsp3) is 0.560. The molecule has 1 saturated heterocycles. The molecule has 10 nitrogen and oxygen atoms in total. The third-order valence-electron chi connectivity index (χ3n) is 7.05. The normalized spacial score (nSPS) is 21.2. The molecule has 2 aromatic heterocycles. The monoisotopic (exact) mass is 591 g/mol. The SMILES string of the molecule is CS(=O)(=O)CCCn1cc(Nc2nc(NC3CCC(N4CCOCC4)CC3)c3cc(Br)ccc3n2)cn1. The summed E-state index contributed by atoms with van der Waals surface area (Å²) in [5.41, 5.74) is 1.61. The van der Waals surface area contributed by atoms with Crippen molar-refractivity contribution in [2.45, 2.75) is 50.7 Å². The number of sulfone groups is 1. The molecule has 2 aliphatic rings. The minimum Gasteiger partial charge on any atom is -0.379 e. The number of anilines is 3. The van der Waals surface area contributed by atoms with Crippen LogP contribution in [0.5, 0.6) is 0 Å². The quantitative estimate of drug-likeness (QED) is 0.383. The first kappa shape index (κ1) is 26.3. The van der Waals surface area contributed by atoms with Crippen LogP contribution in [0.25, 0.3) is 10.9 Å². The predicted octanol–water partition coefficient (Wildman–Crippen LogP) is 3.82. The van der Waals surface area contributed by atoms with Crippen molar-refractivity contribution in [3.05, 3.63) is 35.1 Å². The second kappa shape index (κ2) is 11.6. The summed E-state index contributed by atoms with van der Waals surface area (Å²) in [4.78, 5) is 12.2. The third kappa shape index (κ3) is 7.18. The molecule has 0 atom stereocenters. The number of halogens is 1. The minimum atomic E-state index is -2.98. The number of nitrogens with one attached hydrogen (secondary N) is 2. The van der Waals surface area contributed by atoms with Crippen molar-refractivity contribution in [1.29, 1.82) is 0 Å². The van der Waals surface area contributed by atoms with Gasteiger partial charge in [0.25, 0.3) is 0 Å². The van der Waals surface area contributed by atoms with Crippen molar-refractivity contribution in [3.63, 3.8) is 0 Å². The molecule has 3 heterocycles. The molecule has 0 unspecified atom stereocenters. The van der Waals surface area contributed by atoms with Gasteiger partial charge in [0.05, 0.1) is 36.4 Å². The second-order valence-corrected chi connectivity index (χ2v) is 13.1. The van der Waals surface area contributed by atoms with Gasteiger partial charge >= 0.3 is 0 Å². The lowest BCUT2D eigenvalue weighted by Gasteiger charge is -2.39. The van der Waals surface area contributed by atoms with Crippen LogP contribution in [-0.2, 0) is 21.1 Å². The van der Waals surface area contributed by atoms with E-state index in [0.717, 1.165) is 66.0 Å². The molecule has 2 fully saturated rings. The molecular formula is C25H34BrN7O3S. The first-order chi connectivity index (χ1) is 17.8. The zero-order valence-electron chi connectivity index (χ0n) is 21.1. The molecule has 1 aliphatic carbocycles. The molecular weight excluding hydrogens is 558 g/mol. The minimum absolute atomic E-state index is 0.141. The standard InChI is InChI=1S/C25H34BrN7O3S/c1-37(34,35)14-2-9-33-17-20(16-27-33)29-25-30-23-8-3-18(26)15-22(23)24(31-25)28-19-4-6-21(7-5-19)32-10-12-36-13-11-32/h3,8,15-17,19,21H,2,4-7,9-14H2,1H3,(H2,28,29,30,31). The molecule has 3 aromatic rings. The Kier molecular flexibility index (Phi) is 8.28. The number of rotatable bonds is 9. The smallest absolute Gasteiger partial charge is 0.229 e. The maximum Gasteiger partial charge on any atom is 0.229 e. The van der Waals surface area contributed by atoms with Gasteiger partial charge < -0.3 is 15.4 Å². The van der Waals surface area contributed by atoms with Gasteiger partial charge in [-0.05, 0) is 50.3 Å². The molecule has 0 bridgehead atoms. The topological polar surface area (TPSA) is 114 Å². The highest BCUT2D eigenvalue weighted by molar-refractivity contribution is 9.10. The number of ether oxygens (including phenoxy) is 1. The zero-order chi connectivity index (χ0) is 25.8. The summed E-state index contributed by atoms with van der Waals surface area (Å²) < 4.78 is 31.0. The van der Waals surface area contributed by atoms with Gasteiger partial charge in [-0.25, -0.2) is 13.4 Å². The van der Waals surface area contributed by atoms with Crippen molar-refractivity contribution < 1.29 is 13.2 Å². The van der Waals surface area contributed by atoms with Crippen molar-refractivity contribution >= 4 is 54.1 Å². The highest BCUT2D eigenvalue weighted by atomic mass is 79.9. The van der Waals surface area contributed by atoms with Crippen LogP contribution in [-0.4, -0.2) is 83.5 Å². The van der Waals surface area contributed by atoms with E-state index in [4.69, 9.17) is 14.7 Å². The summed E-state index contributed by atoms with van der Waals surface area (Å²) in [6, 6.07) is 7.03. The van der Waals surface area contributed by atoms with Crippen molar-refractivity contribution in [2.24, 2.45) is 0 Å². The van der Waals surface area contributed by atoms with Crippen LogP contribution in [0, 0.1) is 0 Å². The average Bonchev–Trinajstić information content (AvgIpc) is 3.31. The van der Waals surface area contributed by atoms with Crippen LogP contribution < -0.4 is 10.6 Å². The largest absolute Gasteiger partial charge is 0.379 e. The van der Waals surface area contributed by atoms with Gasteiger partial charge in [-0.1, -0.05) is 15.9 Å². The van der Waals surface area contributed by atoms with Crippen molar-refractivity contribution in [3.8, 4) is 0 Å². The summed E-state index contributed by atoms with van der Waals surface area (Å²) in [5, 5.41) is 12.3. The number of aryl methyl sites for hydroxylation is 1. The lowest BCUT2D eigenvalue weighted by molar-refractivity contribution is 0.00791. The van der Waals surface area contributed by atoms with E-state index in [0.29, 0.717) is 31.0 Å². The van der Waals surface area contributed by atoms with Gasteiger partial charge in [0.1, 0.15) is 15.7 Å². The van der Waals surface area contributed by atoms with Crippen molar-refractivity contribution in [2.75, 3.05) is 48.9 Å². The Balaban J connectivity index is 1.27. The molecule has 1 saturated carbocycles. The second-order valence-electron chi connectivity index (χ2n) is 9.96. The molecule has 1 aliphatic heterocycles. The van der Waals surface area contributed by atoms with Crippen LogP contribution >= 0.6 is 15.9 Å². The fourth-order valence-electron chi connectivity index (χ4n) is 5.16. The Hall–Kier alpha value is -2.28. The Labute approximate surface area is 226 Å². The van der Waals surface area contributed by atoms with Gasteiger partial charge in [0.2, 0.25) is 5.95 Å². The molecule has 37 heavy (non-hydrogen) atoms.